The number of amides is 1. The zero-order valence-corrected chi connectivity index (χ0v) is 18.1. The fraction of sp³-hybridized carbons (Fsp3) is 0.150. The first-order chi connectivity index (χ1) is 15.4. The summed E-state index contributed by atoms with van der Waals surface area (Å²) in [5, 5.41) is 22.1. The first kappa shape index (κ1) is 23.2. The SMILES string of the molecule is C=CCn1c(COc2ccc(F)c(Cl)c2)nnc1SCC(=O)Nc1cccc([N+](=O)[O-])c1. The number of nitro benzene ring substituents is 1. The molecule has 1 amide bonds. The van der Waals surface area contributed by atoms with E-state index >= 15 is 0 Å². The van der Waals surface area contributed by atoms with Gasteiger partial charge in [0.1, 0.15) is 18.2 Å². The molecule has 12 heteroatoms. The number of benzene rings is 2. The van der Waals surface area contributed by atoms with E-state index in [9.17, 15) is 19.3 Å². The molecule has 1 heterocycles. The van der Waals surface area contributed by atoms with Crippen LogP contribution in [0, 0.1) is 15.9 Å². The number of ether oxygens (including phenoxy) is 1. The Morgan fingerprint density at radius 1 is 1.34 bits per heavy atom. The van der Waals surface area contributed by atoms with Crippen LogP contribution in [-0.4, -0.2) is 31.3 Å². The van der Waals surface area contributed by atoms with Crippen LogP contribution in [-0.2, 0) is 17.9 Å². The Labute approximate surface area is 191 Å². The number of nitrogens with one attached hydrogen (secondary N) is 1. The van der Waals surface area contributed by atoms with E-state index in [1.165, 1.54) is 36.4 Å². The number of carbonyl (C=O) groups is 1. The van der Waals surface area contributed by atoms with E-state index in [1.54, 1.807) is 16.7 Å². The van der Waals surface area contributed by atoms with Gasteiger partial charge >= 0.3 is 0 Å². The molecule has 166 valence electrons. The number of aromatic nitrogens is 3. The van der Waals surface area contributed by atoms with Crippen LogP contribution in [0.3, 0.4) is 0 Å². The molecule has 0 spiro atoms. The van der Waals surface area contributed by atoms with E-state index < -0.39 is 10.7 Å². The summed E-state index contributed by atoms with van der Waals surface area (Å²) in [6.07, 6.45) is 1.65. The highest BCUT2D eigenvalue weighted by molar-refractivity contribution is 7.99. The van der Waals surface area contributed by atoms with Crippen LogP contribution in [0.25, 0.3) is 0 Å². The lowest BCUT2D eigenvalue weighted by molar-refractivity contribution is -0.384. The molecule has 0 atom stereocenters. The van der Waals surface area contributed by atoms with Gasteiger partial charge in [-0.1, -0.05) is 35.5 Å². The van der Waals surface area contributed by atoms with Gasteiger partial charge < -0.3 is 10.1 Å². The molecule has 0 aliphatic heterocycles. The highest BCUT2D eigenvalue weighted by Gasteiger charge is 2.15. The fourth-order valence-electron chi connectivity index (χ4n) is 2.58. The number of hydrogen-bond donors (Lipinski definition) is 1. The minimum absolute atomic E-state index is 0.00634. The van der Waals surface area contributed by atoms with Gasteiger partial charge in [0.15, 0.2) is 11.0 Å². The Morgan fingerprint density at radius 2 is 2.16 bits per heavy atom. The zero-order valence-electron chi connectivity index (χ0n) is 16.5. The first-order valence-corrected chi connectivity index (χ1v) is 10.5. The highest BCUT2D eigenvalue weighted by Crippen LogP contribution is 2.23. The second-order valence-electron chi connectivity index (χ2n) is 6.31. The molecule has 9 nitrogen and oxygen atoms in total. The van der Waals surface area contributed by atoms with Crippen molar-refractivity contribution in [2.75, 3.05) is 11.1 Å². The molecule has 0 saturated carbocycles. The van der Waals surface area contributed by atoms with Crippen LogP contribution < -0.4 is 10.1 Å². The molecule has 0 saturated heterocycles. The second kappa shape index (κ2) is 10.7. The van der Waals surface area contributed by atoms with Crippen LogP contribution in [0.1, 0.15) is 5.82 Å². The van der Waals surface area contributed by atoms with Gasteiger partial charge in [0.05, 0.1) is 15.7 Å². The van der Waals surface area contributed by atoms with Crippen molar-refractivity contribution in [3.05, 3.63) is 81.9 Å². The number of rotatable bonds is 10. The molecule has 3 rings (SSSR count). The van der Waals surface area contributed by atoms with E-state index in [0.29, 0.717) is 29.0 Å². The van der Waals surface area contributed by atoms with E-state index in [2.05, 4.69) is 22.1 Å². The third-order valence-corrected chi connectivity index (χ3v) is 5.29. The van der Waals surface area contributed by atoms with Crippen molar-refractivity contribution in [3.63, 3.8) is 0 Å². The predicted molar refractivity (Wildman–Crippen MR) is 118 cm³/mol. The molecule has 32 heavy (non-hydrogen) atoms. The quantitative estimate of drug-likeness (QED) is 0.198. The first-order valence-electron chi connectivity index (χ1n) is 9.15. The average molecular weight is 478 g/mol. The number of anilines is 1. The Bertz CT molecular complexity index is 1160. The summed E-state index contributed by atoms with van der Waals surface area (Å²) in [5.41, 5.74) is 0.206. The lowest BCUT2D eigenvalue weighted by atomic mass is 10.3. The molecule has 0 aliphatic carbocycles. The predicted octanol–water partition coefficient (Wildman–Crippen LogP) is 4.47. The third-order valence-electron chi connectivity index (χ3n) is 4.04. The Balaban J connectivity index is 1.62. The molecule has 0 fully saturated rings. The van der Waals surface area contributed by atoms with Gasteiger partial charge in [-0.05, 0) is 18.2 Å². The summed E-state index contributed by atoms with van der Waals surface area (Å²) in [7, 11) is 0. The number of hydrogen-bond acceptors (Lipinski definition) is 7. The van der Waals surface area contributed by atoms with E-state index in [1.807, 2.05) is 0 Å². The molecule has 0 bridgehead atoms. The van der Waals surface area contributed by atoms with E-state index in [4.69, 9.17) is 16.3 Å². The monoisotopic (exact) mass is 477 g/mol. The summed E-state index contributed by atoms with van der Waals surface area (Å²) in [6.45, 7) is 4.14. The van der Waals surface area contributed by atoms with Gasteiger partial charge in [0.25, 0.3) is 5.69 Å². The average Bonchev–Trinajstić information content (AvgIpc) is 3.15. The van der Waals surface area contributed by atoms with Crippen molar-refractivity contribution in [1.82, 2.24) is 14.8 Å². The standard InChI is InChI=1S/C20H17ClFN5O4S/c1-2-8-26-18(11-31-15-6-7-17(22)16(21)10-15)24-25-20(26)32-12-19(28)23-13-4-3-5-14(9-13)27(29)30/h2-7,9-10H,1,8,11-12H2,(H,23,28). The van der Waals surface area contributed by atoms with Crippen LogP contribution in [0.2, 0.25) is 5.02 Å². The summed E-state index contributed by atoms with van der Waals surface area (Å²) in [6, 6.07) is 9.68. The number of allylic oxidation sites excluding steroid dienone is 1. The van der Waals surface area contributed by atoms with Crippen molar-refractivity contribution in [1.29, 1.82) is 0 Å². The van der Waals surface area contributed by atoms with Crippen LogP contribution in [0.4, 0.5) is 15.8 Å². The van der Waals surface area contributed by atoms with E-state index in [0.717, 1.165) is 11.8 Å². The minimum atomic E-state index is -0.545. The number of non-ortho nitro benzene ring substituents is 1. The molecule has 1 aromatic heterocycles. The van der Waals surface area contributed by atoms with Gasteiger partial charge in [-0.15, -0.1) is 16.8 Å². The van der Waals surface area contributed by atoms with Gasteiger partial charge in [0.2, 0.25) is 5.91 Å². The van der Waals surface area contributed by atoms with Crippen molar-refractivity contribution in [3.8, 4) is 5.75 Å². The Morgan fingerprint density at radius 3 is 2.88 bits per heavy atom. The van der Waals surface area contributed by atoms with Crippen molar-refractivity contribution >= 4 is 40.6 Å². The van der Waals surface area contributed by atoms with Gasteiger partial charge in [-0.2, -0.15) is 0 Å². The number of thioether (sulfide) groups is 1. The largest absolute Gasteiger partial charge is 0.486 e. The number of nitrogens with zero attached hydrogens (tertiary/aromatic N) is 4. The molecular formula is C20H17ClFN5O4S. The second-order valence-corrected chi connectivity index (χ2v) is 7.66. The summed E-state index contributed by atoms with van der Waals surface area (Å²) >= 11 is 6.90. The molecular weight excluding hydrogens is 461 g/mol. The van der Waals surface area contributed by atoms with E-state index in [-0.39, 0.29) is 29.0 Å². The lowest BCUT2D eigenvalue weighted by Crippen LogP contribution is -2.15. The van der Waals surface area contributed by atoms with Crippen LogP contribution in [0.5, 0.6) is 5.75 Å². The number of carbonyl (C=O) groups excluding carboxylic acids is 1. The molecule has 3 aromatic rings. The minimum Gasteiger partial charge on any atom is -0.486 e. The summed E-state index contributed by atoms with van der Waals surface area (Å²) < 4.78 is 20.6. The van der Waals surface area contributed by atoms with Crippen LogP contribution >= 0.6 is 23.4 Å². The maximum Gasteiger partial charge on any atom is 0.271 e. The van der Waals surface area contributed by atoms with Crippen LogP contribution in [0.15, 0.2) is 60.3 Å². The van der Waals surface area contributed by atoms with Crippen molar-refractivity contribution in [2.45, 2.75) is 18.3 Å². The maximum atomic E-state index is 13.3. The fourth-order valence-corrected chi connectivity index (χ4v) is 3.52. The van der Waals surface area contributed by atoms with Gasteiger partial charge in [-0.3, -0.25) is 19.5 Å². The number of halogens is 2. The normalized spacial score (nSPS) is 10.6. The zero-order chi connectivity index (χ0) is 23.1. The molecule has 0 aliphatic rings. The lowest BCUT2D eigenvalue weighted by Gasteiger charge is -2.10. The van der Waals surface area contributed by atoms with Crippen molar-refractivity contribution in [2.24, 2.45) is 0 Å². The highest BCUT2D eigenvalue weighted by atomic mass is 35.5. The van der Waals surface area contributed by atoms with Crippen molar-refractivity contribution < 1.29 is 18.8 Å². The topological polar surface area (TPSA) is 112 Å². The Kier molecular flexibility index (Phi) is 7.79. The Hall–Kier alpha value is -3.44. The van der Waals surface area contributed by atoms with Gasteiger partial charge in [0, 0.05) is 30.4 Å². The molecule has 0 unspecified atom stereocenters. The van der Waals surface area contributed by atoms with Gasteiger partial charge in [-0.25, -0.2) is 4.39 Å². The molecule has 0 radical (unpaired) electrons. The molecule has 2 aromatic carbocycles. The summed E-state index contributed by atoms with van der Waals surface area (Å²) in [5.74, 6) is -0.0489. The number of nitro groups is 1. The summed E-state index contributed by atoms with van der Waals surface area (Å²) in [4.78, 5) is 22.6. The maximum absolute atomic E-state index is 13.3. The smallest absolute Gasteiger partial charge is 0.271 e. The molecule has 1 N–H and O–H groups in total. The third kappa shape index (κ3) is 6.05.